The second kappa shape index (κ2) is 5.48. The summed E-state index contributed by atoms with van der Waals surface area (Å²) in [7, 11) is 0. The van der Waals surface area contributed by atoms with E-state index in [0.29, 0.717) is 0 Å². The van der Waals surface area contributed by atoms with Gasteiger partial charge in [0, 0.05) is 11.3 Å². The third-order valence-corrected chi connectivity index (χ3v) is 5.26. The molecule has 4 nitrogen and oxygen atoms in total. The topological polar surface area (TPSA) is 46.6 Å². The van der Waals surface area contributed by atoms with Crippen molar-refractivity contribution in [3.05, 3.63) is 71.8 Å². The molecule has 1 saturated carbocycles. The molecule has 2 fully saturated rings. The van der Waals surface area contributed by atoms with E-state index in [-0.39, 0.29) is 29.9 Å². The van der Waals surface area contributed by atoms with Crippen molar-refractivity contribution < 1.29 is 14.3 Å². The highest BCUT2D eigenvalue weighted by molar-refractivity contribution is 5.97. The minimum absolute atomic E-state index is 0.127. The molecule has 0 spiro atoms. The first kappa shape index (κ1) is 14.9. The Morgan fingerprint density at radius 2 is 1.71 bits per heavy atom. The van der Waals surface area contributed by atoms with Crippen LogP contribution in [0.4, 0.5) is 4.79 Å². The third-order valence-electron chi connectivity index (χ3n) is 5.26. The maximum Gasteiger partial charge on any atom is 0.417 e. The van der Waals surface area contributed by atoms with Crippen LogP contribution in [0.1, 0.15) is 30.5 Å². The van der Waals surface area contributed by atoms with Crippen LogP contribution in [-0.2, 0) is 14.9 Å². The number of carbonyl (C=O) groups excluding carboxylic acids is 2. The van der Waals surface area contributed by atoms with Crippen molar-refractivity contribution in [2.24, 2.45) is 5.92 Å². The maximum atomic E-state index is 13.0. The van der Waals surface area contributed by atoms with Crippen LogP contribution >= 0.6 is 0 Å². The van der Waals surface area contributed by atoms with Gasteiger partial charge in [-0.1, -0.05) is 67.6 Å². The van der Waals surface area contributed by atoms with Crippen molar-refractivity contribution >= 4 is 12.0 Å². The molecule has 1 aliphatic heterocycles. The molecule has 1 heterocycles. The first-order chi connectivity index (χ1) is 11.6. The fraction of sp³-hybridized carbons (Fsp3) is 0.300. The molecule has 3 atom stereocenters. The number of cyclic esters (lactones) is 1. The Hall–Kier alpha value is -2.62. The number of ether oxygens (including phenoxy) is 1. The van der Waals surface area contributed by atoms with Crippen LogP contribution in [-0.4, -0.2) is 23.5 Å². The average Bonchev–Trinajstić information content (AvgIpc) is 3.18. The van der Waals surface area contributed by atoms with Crippen molar-refractivity contribution in [3.63, 3.8) is 0 Å². The second-order valence-corrected chi connectivity index (χ2v) is 6.75. The summed E-state index contributed by atoms with van der Waals surface area (Å²) in [6.07, 6.45) is 0.234. The van der Waals surface area contributed by atoms with Crippen LogP contribution in [0.5, 0.6) is 0 Å². The van der Waals surface area contributed by atoms with Gasteiger partial charge in [-0.2, -0.15) is 0 Å². The molecular weight excluding hydrogens is 302 g/mol. The number of amides is 2. The molecule has 0 N–H and O–H groups in total. The summed E-state index contributed by atoms with van der Waals surface area (Å²) >= 11 is 0. The molecule has 4 heteroatoms. The van der Waals surface area contributed by atoms with E-state index in [1.165, 1.54) is 4.90 Å². The summed E-state index contributed by atoms with van der Waals surface area (Å²) in [4.78, 5) is 26.5. The highest BCUT2D eigenvalue weighted by Gasteiger charge is 2.59. The zero-order valence-electron chi connectivity index (χ0n) is 13.5. The van der Waals surface area contributed by atoms with E-state index in [1.54, 1.807) is 0 Å². The SMILES string of the molecule is C[C@@]1(c2ccccc2)C[C@H]1C(=O)N1C(=O)OC[C@@H]1c1ccccc1. The molecule has 122 valence electrons. The molecule has 0 unspecified atom stereocenters. The lowest BCUT2D eigenvalue weighted by Crippen LogP contribution is -2.36. The van der Waals surface area contributed by atoms with Gasteiger partial charge in [-0.15, -0.1) is 0 Å². The molecule has 0 radical (unpaired) electrons. The Bertz CT molecular complexity index is 774. The summed E-state index contributed by atoms with van der Waals surface area (Å²) in [6.45, 7) is 2.31. The van der Waals surface area contributed by atoms with Gasteiger partial charge < -0.3 is 4.74 Å². The lowest BCUT2D eigenvalue weighted by atomic mass is 9.95. The minimum atomic E-state index is -0.531. The molecule has 2 aromatic rings. The molecule has 2 amide bonds. The van der Waals surface area contributed by atoms with Gasteiger partial charge >= 0.3 is 6.09 Å². The summed E-state index contributed by atoms with van der Waals surface area (Å²) < 4.78 is 5.17. The van der Waals surface area contributed by atoms with Crippen LogP contribution in [0.2, 0.25) is 0 Å². The number of hydrogen-bond acceptors (Lipinski definition) is 3. The number of imide groups is 1. The van der Waals surface area contributed by atoms with E-state index < -0.39 is 6.09 Å². The Morgan fingerprint density at radius 1 is 1.08 bits per heavy atom. The first-order valence-electron chi connectivity index (χ1n) is 8.21. The highest BCUT2D eigenvalue weighted by Crippen LogP contribution is 2.55. The van der Waals surface area contributed by atoms with Gasteiger partial charge in [-0.25, -0.2) is 9.69 Å². The zero-order valence-corrected chi connectivity index (χ0v) is 13.5. The third kappa shape index (κ3) is 2.30. The van der Waals surface area contributed by atoms with Gasteiger partial charge in [0.2, 0.25) is 5.91 Å². The van der Waals surface area contributed by atoms with Gasteiger partial charge in [-0.05, 0) is 17.5 Å². The molecule has 1 saturated heterocycles. The Balaban J connectivity index is 1.59. The lowest BCUT2D eigenvalue weighted by molar-refractivity contribution is -0.131. The quantitative estimate of drug-likeness (QED) is 0.866. The number of nitrogens with zero attached hydrogens (tertiary/aromatic N) is 1. The summed E-state index contributed by atoms with van der Waals surface area (Å²) in [5.41, 5.74) is 1.88. The number of hydrogen-bond donors (Lipinski definition) is 0. The maximum absolute atomic E-state index is 13.0. The van der Waals surface area contributed by atoms with Crippen molar-refractivity contribution in [2.45, 2.75) is 24.8 Å². The summed E-state index contributed by atoms with van der Waals surface area (Å²) in [5.74, 6) is -0.297. The molecule has 2 aliphatic rings. The predicted octanol–water partition coefficient (Wildman–Crippen LogP) is 3.68. The van der Waals surface area contributed by atoms with Crippen molar-refractivity contribution in [2.75, 3.05) is 6.61 Å². The fourth-order valence-electron chi connectivity index (χ4n) is 3.62. The molecule has 4 rings (SSSR count). The van der Waals surface area contributed by atoms with Crippen LogP contribution in [0.15, 0.2) is 60.7 Å². The van der Waals surface area contributed by atoms with Crippen LogP contribution in [0.25, 0.3) is 0 Å². The minimum Gasteiger partial charge on any atom is -0.446 e. The smallest absolute Gasteiger partial charge is 0.417 e. The van der Waals surface area contributed by atoms with Gasteiger partial charge in [-0.3, -0.25) is 4.79 Å². The largest absolute Gasteiger partial charge is 0.446 e. The van der Waals surface area contributed by atoms with Gasteiger partial charge in [0.15, 0.2) is 0 Å². The normalized spacial score (nSPS) is 28.5. The number of carbonyl (C=O) groups is 2. The van der Waals surface area contributed by atoms with E-state index in [9.17, 15) is 9.59 Å². The fourth-order valence-corrected chi connectivity index (χ4v) is 3.62. The first-order valence-corrected chi connectivity index (χ1v) is 8.21. The van der Waals surface area contributed by atoms with E-state index in [4.69, 9.17) is 4.74 Å². The molecule has 24 heavy (non-hydrogen) atoms. The van der Waals surface area contributed by atoms with Crippen LogP contribution in [0.3, 0.4) is 0 Å². The van der Waals surface area contributed by atoms with Gasteiger partial charge in [0.1, 0.15) is 12.6 Å². The van der Waals surface area contributed by atoms with Gasteiger partial charge in [0.05, 0.1) is 0 Å². The predicted molar refractivity (Wildman–Crippen MR) is 89.3 cm³/mol. The van der Waals surface area contributed by atoms with E-state index in [1.807, 2.05) is 60.7 Å². The van der Waals surface area contributed by atoms with Gasteiger partial charge in [0.25, 0.3) is 0 Å². The Morgan fingerprint density at radius 3 is 2.38 bits per heavy atom. The van der Waals surface area contributed by atoms with Crippen LogP contribution < -0.4 is 0 Å². The molecule has 2 aromatic carbocycles. The van der Waals surface area contributed by atoms with E-state index in [2.05, 4.69) is 6.92 Å². The highest BCUT2D eigenvalue weighted by atomic mass is 16.6. The molecular formula is C20H19NO3. The molecule has 0 bridgehead atoms. The van der Waals surface area contributed by atoms with Crippen LogP contribution in [0, 0.1) is 5.92 Å². The van der Waals surface area contributed by atoms with Crippen molar-refractivity contribution in [3.8, 4) is 0 Å². The summed E-state index contributed by atoms with van der Waals surface area (Å²) in [5, 5.41) is 0. The second-order valence-electron chi connectivity index (χ2n) is 6.75. The zero-order chi connectivity index (χ0) is 16.7. The molecule has 0 aromatic heterocycles. The summed E-state index contributed by atoms with van der Waals surface area (Å²) in [6, 6.07) is 19.3. The molecule has 1 aliphatic carbocycles. The van der Waals surface area contributed by atoms with Crippen molar-refractivity contribution in [1.29, 1.82) is 0 Å². The van der Waals surface area contributed by atoms with E-state index >= 15 is 0 Å². The Kier molecular flexibility index (Phi) is 3.41. The van der Waals surface area contributed by atoms with Crippen molar-refractivity contribution in [1.82, 2.24) is 4.90 Å². The number of benzene rings is 2. The monoisotopic (exact) mass is 321 g/mol. The van der Waals surface area contributed by atoms with E-state index in [0.717, 1.165) is 17.5 Å². The average molecular weight is 321 g/mol. The standard InChI is InChI=1S/C20H19NO3/c1-20(15-10-6-3-7-11-15)12-16(20)18(22)21-17(13-24-19(21)23)14-8-4-2-5-9-14/h2-11,16-17H,12-13H2,1H3/t16-,17+,20-/m0/s1. The lowest BCUT2D eigenvalue weighted by Gasteiger charge is -2.21. The number of rotatable bonds is 3. The Labute approximate surface area is 141 Å².